The van der Waals surface area contributed by atoms with Crippen molar-refractivity contribution in [2.75, 3.05) is 19.7 Å². The van der Waals surface area contributed by atoms with Gasteiger partial charge in [-0.1, -0.05) is 6.92 Å². The Hall–Kier alpha value is -1.74. The van der Waals surface area contributed by atoms with E-state index in [-0.39, 0.29) is 31.2 Å². The Balaban J connectivity index is 2.27. The van der Waals surface area contributed by atoms with Gasteiger partial charge in [-0.3, -0.25) is 4.79 Å². The van der Waals surface area contributed by atoms with Crippen LogP contribution in [0.5, 0.6) is 0 Å². The Bertz CT molecular complexity index is 384. The van der Waals surface area contributed by atoms with Crippen LogP contribution in [0.25, 0.3) is 0 Å². The van der Waals surface area contributed by atoms with Crippen molar-refractivity contribution in [1.82, 2.24) is 10.2 Å². The highest BCUT2D eigenvalue weighted by Gasteiger charge is 2.24. The molecule has 1 unspecified atom stereocenters. The van der Waals surface area contributed by atoms with Gasteiger partial charge in [0.15, 0.2) is 0 Å². The molecule has 2 N–H and O–H groups in total. The number of hydrogen-bond acceptors (Lipinski definition) is 3. The lowest BCUT2D eigenvalue weighted by molar-refractivity contribution is -0.138. The van der Waals surface area contributed by atoms with Crippen LogP contribution in [0.1, 0.15) is 39.0 Å². The molecule has 0 bridgehead atoms. The number of piperidine rings is 1. The Morgan fingerprint density at radius 3 is 2.67 bits per heavy atom. The number of likely N-dealkylation sites (tertiary alicyclic amines) is 1. The van der Waals surface area contributed by atoms with Crippen molar-refractivity contribution < 1.29 is 19.4 Å². The molecule has 0 aromatic heterocycles. The molecule has 0 aliphatic carbocycles. The molecule has 6 heteroatoms. The molecule has 6 nitrogen and oxygen atoms in total. The number of ether oxygens (including phenoxy) is 1. The van der Waals surface area contributed by atoms with E-state index in [1.54, 1.807) is 4.90 Å². The molecule has 1 aliphatic heterocycles. The summed E-state index contributed by atoms with van der Waals surface area (Å²) in [4.78, 5) is 24.3. The highest BCUT2D eigenvalue weighted by molar-refractivity contribution is 5.74. The predicted molar refractivity (Wildman–Crippen MR) is 78.9 cm³/mol. The van der Waals surface area contributed by atoms with E-state index in [1.807, 2.05) is 6.92 Å². The quantitative estimate of drug-likeness (QED) is 0.697. The third kappa shape index (κ3) is 6.50. The van der Waals surface area contributed by atoms with E-state index >= 15 is 0 Å². The van der Waals surface area contributed by atoms with Gasteiger partial charge in [-0.2, -0.15) is 0 Å². The fourth-order valence-electron chi connectivity index (χ4n) is 2.24. The van der Waals surface area contributed by atoms with Gasteiger partial charge >= 0.3 is 12.0 Å². The molecule has 1 heterocycles. The summed E-state index contributed by atoms with van der Waals surface area (Å²) in [6.45, 7) is 3.46. The molecule has 118 valence electrons. The second kappa shape index (κ2) is 9.24. The van der Waals surface area contributed by atoms with Crippen molar-refractivity contribution in [3.8, 4) is 12.3 Å². The smallest absolute Gasteiger partial charge is 0.317 e. The van der Waals surface area contributed by atoms with Crippen LogP contribution >= 0.6 is 0 Å². The van der Waals surface area contributed by atoms with Gasteiger partial charge in [0.25, 0.3) is 0 Å². The first-order valence-corrected chi connectivity index (χ1v) is 7.39. The van der Waals surface area contributed by atoms with Gasteiger partial charge in [0, 0.05) is 25.6 Å². The van der Waals surface area contributed by atoms with Crippen molar-refractivity contribution in [2.24, 2.45) is 0 Å². The van der Waals surface area contributed by atoms with Crippen LogP contribution in [0, 0.1) is 12.3 Å². The van der Waals surface area contributed by atoms with Crippen LogP contribution in [-0.2, 0) is 9.53 Å². The van der Waals surface area contributed by atoms with E-state index in [9.17, 15) is 9.59 Å². The molecule has 1 aliphatic rings. The second-order valence-electron chi connectivity index (χ2n) is 5.16. The van der Waals surface area contributed by atoms with Crippen molar-refractivity contribution in [2.45, 2.75) is 51.2 Å². The molecule has 1 saturated heterocycles. The summed E-state index contributed by atoms with van der Waals surface area (Å²) >= 11 is 0. The monoisotopic (exact) mass is 296 g/mol. The highest BCUT2D eigenvalue weighted by Crippen LogP contribution is 2.14. The van der Waals surface area contributed by atoms with Gasteiger partial charge in [-0.25, -0.2) is 4.79 Å². The van der Waals surface area contributed by atoms with Crippen LogP contribution in [-0.4, -0.2) is 53.8 Å². The first kappa shape index (κ1) is 17.3. The summed E-state index contributed by atoms with van der Waals surface area (Å²) in [5, 5.41) is 11.5. The Kier molecular flexibility index (Phi) is 7.62. The molecule has 0 aromatic carbocycles. The van der Waals surface area contributed by atoms with E-state index in [1.165, 1.54) is 0 Å². The molecule has 21 heavy (non-hydrogen) atoms. The van der Waals surface area contributed by atoms with E-state index in [0.29, 0.717) is 19.5 Å². The van der Waals surface area contributed by atoms with Gasteiger partial charge in [0.1, 0.15) is 0 Å². The minimum atomic E-state index is -0.856. The number of aliphatic carboxylic acids is 1. The van der Waals surface area contributed by atoms with Crippen molar-refractivity contribution in [1.29, 1.82) is 0 Å². The Labute approximate surface area is 125 Å². The van der Waals surface area contributed by atoms with Crippen LogP contribution in [0.2, 0.25) is 0 Å². The average Bonchev–Trinajstić information content (AvgIpc) is 2.47. The number of hydrogen-bond donors (Lipinski definition) is 2. The number of carboxylic acid groups (broad SMARTS) is 1. The number of carbonyl (C=O) groups is 2. The highest BCUT2D eigenvalue weighted by atomic mass is 16.5. The van der Waals surface area contributed by atoms with Gasteiger partial charge < -0.3 is 20.1 Å². The fraction of sp³-hybridized carbons (Fsp3) is 0.733. The molecule has 0 aromatic rings. The lowest BCUT2D eigenvalue weighted by atomic mass is 10.1. The predicted octanol–water partition coefficient (Wildman–Crippen LogP) is 1.45. The molecule has 1 rings (SSSR count). The van der Waals surface area contributed by atoms with Gasteiger partial charge in [0.05, 0.1) is 19.1 Å². The summed E-state index contributed by atoms with van der Waals surface area (Å²) in [7, 11) is 0. The Morgan fingerprint density at radius 1 is 1.48 bits per heavy atom. The number of urea groups is 1. The second-order valence-corrected chi connectivity index (χ2v) is 5.16. The maximum atomic E-state index is 12.1. The van der Waals surface area contributed by atoms with E-state index in [4.69, 9.17) is 16.3 Å². The number of terminal acetylenes is 1. The SMILES string of the molecule is C#CCC(CC)NC(=O)N1CCC(OCCC(=O)O)CC1. The van der Waals surface area contributed by atoms with Crippen molar-refractivity contribution >= 4 is 12.0 Å². The van der Waals surface area contributed by atoms with Crippen LogP contribution in [0.4, 0.5) is 4.79 Å². The number of nitrogens with zero attached hydrogens (tertiary/aromatic N) is 1. The van der Waals surface area contributed by atoms with Crippen molar-refractivity contribution in [3.05, 3.63) is 0 Å². The first-order chi connectivity index (χ1) is 10.1. The van der Waals surface area contributed by atoms with E-state index in [0.717, 1.165) is 19.3 Å². The summed E-state index contributed by atoms with van der Waals surface area (Å²) in [5.74, 6) is 1.71. The lowest BCUT2D eigenvalue weighted by Crippen LogP contribution is -2.48. The van der Waals surface area contributed by atoms with Crippen LogP contribution in [0.3, 0.4) is 0 Å². The number of nitrogens with one attached hydrogen (secondary N) is 1. The first-order valence-electron chi connectivity index (χ1n) is 7.39. The molecule has 2 amide bonds. The topological polar surface area (TPSA) is 78.9 Å². The van der Waals surface area contributed by atoms with Gasteiger partial charge in [-0.15, -0.1) is 12.3 Å². The van der Waals surface area contributed by atoms with Crippen molar-refractivity contribution in [3.63, 3.8) is 0 Å². The largest absolute Gasteiger partial charge is 0.481 e. The minimum absolute atomic E-state index is 0.0188. The number of rotatable bonds is 7. The van der Waals surface area contributed by atoms with Gasteiger partial charge in [-0.05, 0) is 19.3 Å². The van der Waals surface area contributed by atoms with Crippen LogP contribution in [0.15, 0.2) is 0 Å². The van der Waals surface area contributed by atoms with Gasteiger partial charge in [0.2, 0.25) is 0 Å². The molecule has 1 atom stereocenters. The van der Waals surface area contributed by atoms with Crippen LogP contribution < -0.4 is 5.32 Å². The lowest BCUT2D eigenvalue weighted by Gasteiger charge is -2.32. The summed E-state index contributed by atoms with van der Waals surface area (Å²) in [6.07, 6.45) is 8.15. The zero-order chi connectivity index (χ0) is 15.7. The third-order valence-corrected chi connectivity index (χ3v) is 3.58. The molecule has 0 saturated carbocycles. The number of amides is 2. The molecular formula is C15H24N2O4. The third-order valence-electron chi connectivity index (χ3n) is 3.58. The zero-order valence-corrected chi connectivity index (χ0v) is 12.5. The van der Waals surface area contributed by atoms with E-state index in [2.05, 4.69) is 11.2 Å². The average molecular weight is 296 g/mol. The maximum Gasteiger partial charge on any atom is 0.317 e. The molecule has 0 spiro atoms. The molecule has 0 radical (unpaired) electrons. The standard InChI is InChI=1S/C15H24N2O4/c1-3-5-12(4-2)16-15(20)17-9-6-13(7-10-17)21-11-8-14(18)19/h1,12-13H,4-11H2,2H3,(H,16,20)(H,18,19). The maximum absolute atomic E-state index is 12.1. The molecule has 1 fully saturated rings. The molecular weight excluding hydrogens is 272 g/mol. The fourth-order valence-corrected chi connectivity index (χ4v) is 2.24. The summed E-state index contributed by atoms with van der Waals surface area (Å²) in [6, 6.07) is -0.0619. The minimum Gasteiger partial charge on any atom is -0.481 e. The Morgan fingerprint density at radius 2 is 2.14 bits per heavy atom. The zero-order valence-electron chi connectivity index (χ0n) is 12.5. The number of carbonyl (C=O) groups excluding carboxylic acids is 1. The summed E-state index contributed by atoms with van der Waals surface area (Å²) in [5.41, 5.74) is 0. The van der Waals surface area contributed by atoms with E-state index < -0.39 is 5.97 Å². The normalized spacial score (nSPS) is 17.0. The number of carboxylic acids is 1. The summed E-state index contributed by atoms with van der Waals surface area (Å²) < 4.78 is 5.50.